The molecule has 2 aromatic rings. The Kier molecular flexibility index (Phi) is 9.04. The third kappa shape index (κ3) is 6.52. The van der Waals surface area contributed by atoms with Crippen LogP contribution in [-0.2, 0) is 33.5 Å². The minimum atomic E-state index is -1.38. The number of benzene rings is 1. The van der Waals surface area contributed by atoms with Crippen molar-refractivity contribution in [3.63, 3.8) is 0 Å². The summed E-state index contributed by atoms with van der Waals surface area (Å²) in [5, 5.41) is 5.10. The molecule has 11 nitrogen and oxygen atoms in total. The largest absolute Gasteiger partial charge is 0.418 e. The summed E-state index contributed by atoms with van der Waals surface area (Å²) in [6.45, 7) is 8.18. The van der Waals surface area contributed by atoms with Crippen LogP contribution in [0.3, 0.4) is 0 Å². The SMILES string of the molecule is CCN(CC)C(=O)C(=O)NC(C)(C)c1nc(C(=O)NCc2ccc(F)cc2)c(OC(C)=O)c(=O)n1C. The number of amides is 3. The van der Waals surface area contributed by atoms with Crippen LogP contribution in [0, 0.1) is 5.82 Å². The van der Waals surface area contributed by atoms with E-state index in [1.165, 1.54) is 50.1 Å². The van der Waals surface area contributed by atoms with Gasteiger partial charge in [0.1, 0.15) is 11.6 Å². The third-order valence-corrected chi connectivity index (χ3v) is 5.31. The van der Waals surface area contributed by atoms with E-state index in [9.17, 15) is 28.4 Å². The predicted octanol–water partition coefficient (Wildman–Crippen LogP) is 0.994. The molecule has 0 atom stereocenters. The maximum Gasteiger partial charge on any atom is 0.311 e. The van der Waals surface area contributed by atoms with Crippen LogP contribution in [0.2, 0.25) is 0 Å². The first-order chi connectivity index (χ1) is 16.8. The molecule has 1 aromatic heterocycles. The zero-order chi connectivity index (χ0) is 27.2. The van der Waals surface area contributed by atoms with E-state index < -0.39 is 52.0 Å². The van der Waals surface area contributed by atoms with Gasteiger partial charge < -0.3 is 20.3 Å². The van der Waals surface area contributed by atoms with E-state index in [4.69, 9.17) is 4.74 Å². The number of carbonyl (C=O) groups excluding carboxylic acids is 4. The molecule has 12 heteroatoms. The predicted molar refractivity (Wildman–Crippen MR) is 127 cm³/mol. The van der Waals surface area contributed by atoms with Crippen LogP contribution >= 0.6 is 0 Å². The molecule has 0 aliphatic carbocycles. The highest BCUT2D eigenvalue weighted by molar-refractivity contribution is 6.35. The first-order valence-corrected chi connectivity index (χ1v) is 11.3. The number of ether oxygens (including phenoxy) is 1. The van der Waals surface area contributed by atoms with E-state index in [1.54, 1.807) is 13.8 Å². The minimum Gasteiger partial charge on any atom is -0.418 e. The molecule has 0 spiro atoms. The minimum absolute atomic E-state index is 0.0245. The van der Waals surface area contributed by atoms with Crippen LogP contribution in [0.25, 0.3) is 0 Å². The standard InChI is InChI=1S/C24H30FN5O6/c1-7-30(8-2)22(35)20(33)28-24(4,5)23-27-17(18(36-14(3)31)21(34)29(23)6)19(32)26-13-15-9-11-16(25)12-10-15/h9-12H,7-8,13H2,1-6H3,(H,26,32)(H,28,33). The van der Waals surface area contributed by atoms with E-state index in [0.717, 1.165) is 11.5 Å². The van der Waals surface area contributed by atoms with Crippen molar-refractivity contribution in [3.8, 4) is 5.75 Å². The van der Waals surface area contributed by atoms with Gasteiger partial charge in [0.15, 0.2) is 5.69 Å². The van der Waals surface area contributed by atoms with Crippen molar-refractivity contribution >= 4 is 23.7 Å². The van der Waals surface area contributed by atoms with Crippen molar-refractivity contribution < 1.29 is 28.3 Å². The summed E-state index contributed by atoms with van der Waals surface area (Å²) < 4.78 is 19.2. The molecule has 36 heavy (non-hydrogen) atoms. The van der Waals surface area contributed by atoms with Crippen molar-refractivity contribution in [1.82, 2.24) is 25.1 Å². The van der Waals surface area contributed by atoms with Gasteiger partial charge in [-0.3, -0.25) is 28.5 Å². The number of likely N-dealkylation sites (N-methyl/N-ethyl adjacent to an activating group) is 1. The normalized spacial score (nSPS) is 11.0. The van der Waals surface area contributed by atoms with E-state index in [-0.39, 0.29) is 12.4 Å². The maximum atomic E-state index is 13.2. The topological polar surface area (TPSA) is 140 Å². The van der Waals surface area contributed by atoms with Crippen LogP contribution < -0.4 is 20.9 Å². The van der Waals surface area contributed by atoms with Gasteiger partial charge in [0, 0.05) is 33.6 Å². The van der Waals surface area contributed by atoms with Crippen molar-refractivity contribution in [2.75, 3.05) is 13.1 Å². The van der Waals surface area contributed by atoms with Gasteiger partial charge in [0.2, 0.25) is 5.75 Å². The summed E-state index contributed by atoms with van der Waals surface area (Å²) in [6, 6.07) is 5.39. The number of halogens is 1. The second-order valence-corrected chi connectivity index (χ2v) is 8.44. The van der Waals surface area contributed by atoms with Gasteiger partial charge >= 0.3 is 17.8 Å². The molecule has 0 aliphatic heterocycles. The Morgan fingerprint density at radius 2 is 1.69 bits per heavy atom. The molecule has 0 bridgehead atoms. The van der Waals surface area contributed by atoms with Crippen LogP contribution in [0.15, 0.2) is 29.1 Å². The molecule has 0 fully saturated rings. The molecular formula is C24H30FN5O6. The number of aromatic nitrogens is 2. The molecule has 1 aromatic carbocycles. The van der Waals surface area contributed by atoms with Crippen molar-refractivity contribution in [1.29, 1.82) is 0 Å². The molecular weight excluding hydrogens is 473 g/mol. The van der Waals surface area contributed by atoms with Crippen LogP contribution in [-0.4, -0.2) is 51.2 Å². The van der Waals surface area contributed by atoms with E-state index in [2.05, 4.69) is 15.6 Å². The molecule has 194 valence electrons. The molecule has 0 radical (unpaired) electrons. The second kappa shape index (κ2) is 11.6. The summed E-state index contributed by atoms with van der Waals surface area (Å²) in [5.41, 5.74) is -2.14. The highest BCUT2D eigenvalue weighted by Gasteiger charge is 2.34. The molecule has 1 heterocycles. The zero-order valence-corrected chi connectivity index (χ0v) is 21.1. The number of rotatable bonds is 8. The lowest BCUT2D eigenvalue weighted by atomic mass is 10.0. The fourth-order valence-corrected chi connectivity index (χ4v) is 3.45. The molecule has 2 N–H and O–H groups in total. The molecule has 3 amide bonds. The number of esters is 1. The summed E-state index contributed by atoms with van der Waals surface area (Å²) in [6.07, 6.45) is 0. The van der Waals surface area contributed by atoms with Crippen LogP contribution in [0.1, 0.15) is 56.5 Å². The monoisotopic (exact) mass is 503 g/mol. The van der Waals surface area contributed by atoms with Gasteiger partial charge in [-0.1, -0.05) is 12.1 Å². The van der Waals surface area contributed by atoms with Crippen LogP contribution in [0.5, 0.6) is 5.75 Å². The zero-order valence-electron chi connectivity index (χ0n) is 21.1. The molecule has 0 unspecified atom stereocenters. The van der Waals surface area contributed by atoms with E-state index >= 15 is 0 Å². The summed E-state index contributed by atoms with van der Waals surface area (Å²) in [5.74, 6) is -4.44. The highest BCUT2D eigenvalue weighted by Crippen LogP contribution is 2.21. The van der Waals surface area contributed by atoms with Gasteiger partial charge in [-0.15, -0.1) is 0 Å². The van der Waals surface area contributed by atoms with E-state index in [0.29, 0.717) is 18.7 Å². The fourth-order valence-electron chi connectivity index (χ4n) is 3.45. The third-order valence-electron chi connectivity index (χ3n) is 5.31. The quantitative estimate of drug-likeness (QED) is 0.405. The maximum absolute atomic E-state index is 13.2. The molecule has 0 saturated carbocycles. The highest BCUT2D eigenvalue weighted by atomic mass is 19.1. The Bertz CT molecular complexity index is 1220. The Labute approximate surface area is 207 Å². The average molecular weight is 504 g/mol. The van der Waals surface area contributed by atoms with Gasteiger partial charge in [-0.2, -0.15) is 0 Å². The summed E-state index contributed by atoms with van der Waals surface area (Å²) in [4.78, 5) is 68.3. The first-order valence-electron chi connectivity index (χ1n) is 11.3. The van der Waals surface area contributed by atoms with E-state index in [1.807, 2.05) is 0 Å². The van der Waals surface area contributed by atoms with Crippen LogP contribution in [0.4, 0.5) is 4.39 Å². The number of nitrogens with one attached hydrogen (secondary N) is 2. The van der Waals surface area contributed by atoms with Crippen molar-refractivity contribution in [2.45, 2.75) is 46.7 Å². The average Bonchev–Trinajstić information content (AvgIpc) is 2.81. The van der Waals surface area contributed by atoms with Crippen molar-refractivity contribution in [3.05, 3.63) is 57.5 Å². The Morgan fingerprint density at radius 1 is 1.11 bits per heavy atom. The van der Waals surface area contributed by atoms with Crippen molar-refractivity contribution in [2.24, 2.45) is 7.05 Å². The second-order valence-electron chi connectivity index (χ2n) is 8.44. The van der Waals surface area contributed by atoms with Gasteiger partial charge in [-0.05, 0) is 45.4 Å². The lowest BCUT2D eigenvalue weighted by molar-refractivity contribution is -0.146. The number of carbonyl (C=O) groups is 4. The smallest absolute Gasteiger partial charge is 0.311 e. The molecule has 0 saturated heterocycles. The summed E-state index contributed by atoms with van der Waals surface area (Å²) >= 11 is 0. The lowest BCUT2D eigenvalue weighted by Gasteiger charge is -2.29. The molecule has 2 rings (SSSR count). The lowest BCUT2D eigenvalue weighted by Crippen LogP contribution is -2.51. The fraction of sp³-hybridized carbons (Fsp3) is 0.417. The van der Waals surface area contributed by atoms with Gasteiger partial charge in [0.05, 0.1) is 5.54 Å². The first kappa shape index (κ1) is 28.1. The Hall–Kier alpha value is -4.09. The summed E-state index contributed by atoms with van der Waals surface area (Å²) in [7, 11) is 1.33. The Balaban J connectivity index is 2.47. The Morgan fingerprint density at radius 3 is 2.22 bits per heavy atom. The number of hydrogen-bond donors (Lipinski definition) is 2. The van der Waals surface area contributed by atoms with Gasteiger partial charge in [0.25, 0.3) is 11.5 Å². The number of nitrogens with zero attached hydrogens (tertiary/aromatic N) is 3. The molecule has 0 aliphatic rings. The van der Waals surface area contributed by atoms with Gasteiger partial charge in [-0.25, -0.2) is 9.37 Å². The number of hydrogen-bond acceptors (Lipinski definition) is 7.